The molecule has 7 rings (SSSR count). The van der Waals surface area contributed by atoms with Gasteiger partial charge in [0, 0.05) is 79.9 Å². The molecule has 286 valence electrons. The number of hydrogen-bond acceptors (Lipinski definition) is 6. The summed E-state index contributed by atoms with van der Waals surface area (Å²) in [5, 5.41) is 9.80. The van der Waals surface area contributed by atoms with E-state index in [1.54, 1.807) is 48.4 Å². The van der Waals surface area contributed by atoms with Crippen molar-refractivity contribution in [1.29, 1.82) is 0 Å². The fourth-order valence-electron chi connectivity index (χ4n) is 7.32. The van der Waals surface area contributed by atoms with Gasteiger partial charge in [-0.1, -0.05) is 17.7 Å². The molecular weight excluding hydrogens is 730 g/mol. The van der Waals surface area contributed by atoms with Crippen LogP contribution in [0.25, 0.3) is 33.6 Å². The Morgan fingerprint density at radius 2 is 1.55 bits per heavy atom. The molecule has 0 radical (unpaired) electrons. The summed E-state index contributed by atoms with van der Waals surface area (Å²) in [4.78, 5) is 47.6. The monoisotopic (exact) mass is 771 g/mol. The van der Waals surface area contributed by atoms with Crippen LogP contribution in [0.1, 0.15) is 33.8 Å². The van der Waals surface area contributed by atoms with Crippen molar-refractivity contribution in [3.8, 4) is 39.4 Å². The van der Waals surface area contributed by atoms with E-state index >= 15 is 8.78 Å². The van der Waals surface area contributed by atoms with E-state index in [0.29, 0.717) is 54.4 Å². The summed E-state index contributed by atoms with van der Waals surface area (Å²) >= 11 is 6.56. The molecule has 3 aromatic carbocycles. The average Bonchev–Trinajstić information content (AvgIpc) is 3.82. The highest BCUT2D eigenvalue weighted by molar-refractivity contribution is 6.34. The lowest BCUT2D eigenvalue weighted by atomic mass is 9.94. The summed E-state index contributed by atoms with van der Waals surface area (Å²) in [7, 11) is 7.45. The van der Waals surface area contributed by atoms with Gasteiger partial charge in [0.1, 0.15) is 5.75 Å². The maximum absolute atomic E-state index is 15.7. The van der Waals surface area contributed by atoms with Gasteiger partial charge in [-0.25, -0.2) is 13.8 Å². The van der Waals surface area contributed by atoms with Crippen LogP contribution in [0.5, 0.6) is 5.75 Å². The van der Waals surface area contributed by atoms with Gasteiger partial charge in [-0.15, -0.1) is 0 Å². The molecule has 2 N–H and O–H groups in total. The quantitative estimate of drug-likeness (QED) is 0.184. The van der Waals surface area contributed by atoms with Gasteiger partial charge >= 0.3 is 0 Å². The largest absolute Gasteiger partial charge is 0.497 e. The Bertz CT molecular complexity index is 2250. The smallest absolute Gasteiger partial charge is 0.291 e. The maximum Gasteiger partial charge on any atom is 0.291 e. The molecule has 2 aliphatic heterocycles. The van der Waals surface area contributed by atoms with Crippen LogP contribution in [0.2, 0.25) is 5.02 Å². The molecular formula is C40H42ClF2N8O4+. The lowest BCUT2D eigenvalue weighted by Crippen LogP contribution is -2.54. The number of anilines is 1. The van der Waals surface area contributed by atoms with Gasteiger partial charge in [-0.3, -0.25) is 19.5 Å². The maximum atomic E-state index is 15.7. The molecule has 0 unspecified atom stereocenters. The summed E-state index contributed by atoms with van der Waals surface area (Å²) in [6.07, 6.45) is 4.47. The molecule has 2 aromatic heterocycles. The number of nitrogens with zero attached hydrogens (tertiary/aromatic N) is 6. The second-order valence-corrected chi connectivity index (χ2v) is 15.0. The minimum Gasteiger partial charge on any atom is -0.497 e. The summed E-state index contributed by atoms with van der Waals surface area (Å²) in [6.45, 7) is 3.68. The number of benzene rings is 3. The number of methoxy groups -OCH3 is 1. The Hall–Kier alpha value is -5.60. The molecule has 0 aliphatic carbocycles. The molecule has 0 bridgehead atoms. The highest BCUT2D eigenvalue weighted by Crippen LogP contribution is 2.36. The first-order chi connectivity index (χ1) is 26.3. The van der Waals surface area contributed by atoms with Gasteiger partial charge in [-0.05, 0) is 48.5 Å². The number of nitrogens with one attached hydrogen (secondary N) is 2. The number of aromatic amines is 1. The third kappa shape index (κ3) is 7.56. The zero-order valence-corrected chi connectivity index (χ0v) is 31.8. The first kappa shape index (κ1) is 37.7. The number of H-pyrrole nitrogens is 1. The van der Waals surface area contributed by atoms with Gasteiger partial charge in [-0.2, -0.15) is 5.10 Å². The molecule has 5 aromatic rings. The lowest BCUT2D eigenvalue weighted by molar-refractivity contribution is -0.895. The summed E-state index contributed by atoms with van der Waals surface area (Å²) < 4.78 is 38.9. The zero-order valence-electron chi connectivity index (χ0n) is 31.0. The molecule has 3 amide bonds. The third-order valence-electron chi connectivity index (χ3n) is 10.7. The van der Waals surface area contributed by atoms with Crippen molar-refractivity contribution in [2.45, 2.75) is 12.8 Å². The number of amides is 3. The predicted molar refractivity (Wildman–Crippen MR) is 205 cm³/mol. The van der Waals surface area contributed by atoms with Crippen molar-refractivity contribution in [1.82, 2.24) is 29.5 Å². The Kier molecular flexibility index (Phi) is 10.5. The second kappa shape index (κ2) is 15.3. The fraction of sp³-hybridized carbons (Fsp3) is 0.325. The van der Waals surface area contributed by atoms with Crippen molar-refractivity contribution in [2.75, 3.05) is 65.8 Å². The van der Waals surface area contributed by atoms with Crippen molar-refractivity contribution < 1.29 is 32.4 Å². The van der Waals surface area contributed by atoms with E-state index in [-0.39, 0.29) is 51.0 Å². The topological polar surface area (TPSA) is 125 Å². The average molecular weight is 772 g/mol. The van der Waals surface area contributed by atoms with E-state index < -0.39 is 17.5 Å². The number of quaternary nitrogens is 1. The number of halogens is 3. The summed E-state index contributed by atoms with van der Waals surface area (Å²) in [5.74, 6) is -2.27. The van der Waals surface area contributed by atoms with E-state index in [1.165, 1.54) is 42.2 Å². The lowest BCUT2D eigenvalue weighted by Gasteiger charge is -2.40. The molecule has 2 fully saturated rings. The van der Waals surface area contributed by atoms with E-state index in [0.717, 1.165) is 30.4 Å². The van der Waals surface area contributed by atoms with Crippen LogP contribution in [-0.2, 0) is 11.8 Å². The van der Waals surface area contributed by atoms with Crippen LogP contribution in [-0.4, -0.2) is 112 Å². The number of carbonyl (C=O) groups excluding carboxylic acids is 3. The van der Waals surface area contributed by atoms with E-state index in [1.807, 2.05) is 4.90 Å². The van der Waals surface area contributed by atoms with Crippen LogP contribution < -0.4 is 10.1 Å². The van der Waals surface area contributed by atoms with Crippen molar-refractivity contribution in [3.63, 3.8) is 0 Å². The number of carbonyl (C=O) groups is 3. The second-order valence-electron chi connectivity index (χ2n) is 14.6. The number of imidazole rings is 1. The van der Waals surface area contributed by atoms with Crippen LogP contribution >= 0.6 is 11.6 Å². The molecule has 55 heavy (non-hydrogen) atoms. The van der Waals surface area contributed by atoms with E-state index in [2.05, 4.69) is 34.6 Å². The van der Waals surface area contributed by atoms with E-state index in [4.69, 9.17) is 16.3 Å². The number of aromatic nitrogens is 4. The highest BCUT2D eigenvalue weighted by atomic mass is 35.5. The first-order valence-electron chi connectivity index (χ1n) is 18.0. The van der Waals surface area contributed by atoms with E-state index in [9.17, 15) is 14.4 Å². The zero-order chi connectivity index (χ0) is 39.0. The van der Waals surface area contributed by atoms with Gasteiger partial charge in [0.2, 0.25) is 5.91 Å². The Morgan fingerprint density at radius 3 is 2.22 bits per heavy atom. The summed E-state index contributed by atoms with van der Waals surface area (Å²) in [6, 6.07) is 14.6. The number of ether oxygens (including phenoxy) is 1. The number of hydrogen-bond donors (Lipinski definition) is 2. The van der Waals surface area contributed by atoms with Gasteiger partial charge in [0.15, 0.2) is 17.5 Å². The molecule has 0 atom stereocenters. The molecule has 2 aliphatic rings. The normalized spacial score (nSPS) is 15.9. The predicted octanol–water partition coefficient (Wildman–Crippen LogP) is 6.11. The van der Waals surface area contributed by atoms with Crippen LogP contribution in [0.4, 0.5) is 14.5 Å². The fourth-order valence-corrected chi connectivity index (χ4v) is 7.58. The Morgan fingerprint density at radius 1 is 0.891 bits per heavy atom. The van der Waals surface area contributed by atoms with Crippen molar-refractivity contribution in [2.24, 2.45) is 13.0 Å². The highest BCUT2D eigenvalue weighted by Gasteiger charge is 2.35. The van der Waals surface area contributed by atoms with Gasteiger partial charge in [0.25, 0.3) is 11.8 Å². The Labute approximate surface area is 322 Å². The number of likely N-dealkylation sites (tertiary alicyclic amines) is 1. The number of rotatable bonds is 8. The first-order valence-corrected chi connectivity index (χ1v) is 18.4. The Balaban J connectivity index is 0.998. The van der Waals surface area contributed by atoms with Crippen molar-refractivity contribution >= 4 is 35.0 Å². The van der Waals surface area contributed by atoms with Crippen LogP contribution in [0, 0.1) is 17.6 Å². The third-order valence-corrected chi connectivity index (χ3v) is 11.0. The SMILES string of the molecule is COc1ccc(-c2[nH]ncc2-c2ccc(-c3cnc(C(=O)Nc4ccc(C(=O)N5CCN(C(=O)C6CC[N+](C)(C)CC6)CC5)c(Cl)c4)n3C)c(F)c2F)cc1. The van der Waals surface area contributed by atoms with Crippen molar-refractivity contribution in [3.05, 3.63) is 95.0 Å². The van der Waals surface area contributed by atoms with Gasteiger partial charge < -0.3 is 28.9 Å². The molecule has 15 heteroatoms. The number of piperazine rings is 1. The molecule has 0 spiro atoms. The minimum atomic E-state index is -1.11. The number of piperidine rings is 1. The minimum absolute atomic E-state index is 0.00975. The molecule has 4 heterocycles. The van der Waals surface area contributed by atoms with Crippen LogP contribution in [0.15, 0.2) is 67.0 Å². The van der Waals surface area contributed by atoms with Gasteiger partial charge in [0.05, 0.1) is 68.7 Å². The molecule has 0 saturated carbocycles. The molecule has 2 saturated heterocycles. The standard InChI is InChI=1S/C40H41ClF2N8O4/c1-48-33(30-12-11-28(34(42)35(30)43)31-22-45-47-36(31)24-5-8-27(55-4)9-6-24)23-44-37(48)38(52)46-26-7-10-29(32(41)21-26)40(54)50-17-15-49(16-18-50)39(53)25-13-19-51(2,3)20-14-25/h5-12,21-23,25H,13-20H2,1-4H3,(H-,45,46,47,52,54)/p+1. The van der Waals surface area contributed by atoms with Crippen LogP contribution in [0.3, 0.4) is 0 Å². The summed E-state index contributed by atoms with van der Waals surface area (Å²) in [5.41, 5.74) is 2.29. The molecule has 12 nitrogen and oxygen atoms in total.